The summed E-state index contributed by atoms with van der Waals surface area (Å²) in [5.41, 5.74) is 6.44. The maximum atomic E-state index is 10.3. The van der Waals surface area contributed by atoms with Crippen LogP contribution in [0.25, 0.3) is 0 Å². The highest BCUT2D eigenvalue weighted by molar-refractivity contribution is 5.45. The third-order valence-corrected chi connectivity index (χ3v) is 3.09. The van der Waals surface area contributed by atoms with E-state index in [2.05, 4.69) is 4.98 Å². The molecule has 3 heteroatoms. The summed E-state index contributed by atoms with van der Waals surface area (Å²) in [6, 6.07) is 1.76. The molecular weight excluding hydrogens is 188 g/mol. The van der Waals surface area contributed by atoms with E-state index in [4.69, 9.17) is 5.73 Å². The van der Waals surface area contributed by atoms with Crippen molar-refractivity contribution in [2.75, 3.05) is 5.73 Å². The number of nitrogens with zero attached hydrogens (tertiary/aromatic N) is 1. The summed E-state index contributed by atoms with van der Waals surface area (Å²) in [4.78, 5) is 4.02. The van der Waals surface area contributed by atoms with Gasteiger partial charge in [-0.05, 0) is 24.0 Å². The van der Waals surface area contributed by atoms with Crippen LogP contribution in [0.3, 0.4) is 0 Å². The van der Waals surface area contributed by atoms with Gasteiger partial charge in [0, 0.05) is 24.5 Å². The minimum Gasteiger partial charge on any atom is -0.398 e. The van der Waals surface area contributed by atoms with Crippen LogP contribution in [0, 0.1) is 5.41 Å². The molecule has 0 bridgehead atoms. The Bertz CT molecular complexity index is 340. The van der Waals surface area contributed by atoms with Gasteiger partial charge in [0.2, 0.25) is 0 Å². The third-order valence-electron chi connectivity index (χ3n) is 3.09. The van der Waals surface area contributed by atoms with Gasteiger partial charge in [0.1, 0.15) is 0 Å². The predicted molar refractivity (Wildman–Crippen MR) is 62.4 cm³/mol. The van der Waals surface area contributed by atoms with Gasteiger partial charge in [0.25, 0.3) is 0 Å². The fraction of sp³-hybridized carbons (Fsp3) is 0.583. The van der Waals surface area contributed by atoms with Crippen LogP contribution in [-0.2, 0) is 6.42 Å². The number of aromatic nitrogens is 1. The van der Waals surface area contributed by atoms with Crippen LogP contribution in [0.1, 0.15) is 33.3 Å². The number of rotatable bonds is 2. The van der Waals surface area contributed by atoms with Crippen molar-refractivity contribution in [2.24, 2.45) is 5.41 Å². The van der Waals surface area contributed by atoms with Crippen LogP contribution in [0.4, 0.5) is 5.69 Å². The normalized spacial score (nSPS) is 16.1. The number of hydrogen-bond acceptors (Lipinski definition) is 3. The molecule has 1 atom stereocenters. The van der Waals surface area contributed by atoms with Gasteiger partial charge in [-0.3, -0.25) is 4.98 Å². The van der Waals surface area contributed by atoms with E-state index in [0.29, 0.717) is 12.1 Å². The van der Waals surface area contributed by atoms with E-state index in [1.54, 1.807) is 18.5 Å². The monoisotopic (exact) mass is 208 g/mol. The Morgan fingerprint density at radius 2 is 1.93 bits per heavy atom. The molecule has 3 N–H and O–H groups in total. The van der Waals surface area contributed by atoms with Crippen molar-refractivity contribution in [3.8, 4) is 0 Å². The Kier molecular flexibility index (Phi) is 3.05. The molecule has 1 aromatic rings. The summed E-state index contributed by atoms with van der Waals surface area (Å²) >= 11 is 0. The van der Waals surface area contributed by atoms with E-state index >= 15 is 0 Å². The summed E-state index contributed by atoms with van der Waals surface area (Å²) in [6.07, 6.45) is 3.90. The van der Waals surface area contributed by atoms with E-state index in [0.717, 1.165) is 5.56 Å². The maximum absolute atomic E-state index is 10.3. The average Bonchev–Trinajstić information content (AvgIpc) is 2.06. The van der Waals surface area contributed by atoms with Crippen LogP contribution in [0.2, 0.25) is 0 Å². The molecule has 0 radical (unpaired) electrons. The Labute approximate surface area is 91.3 Å². The molecule has 0 spiro atoms. The molecule has 3 nitrogen and oxygen atoms in total. The van der Waals surface area contributed by atoms with Gasteiger partial charge in [-0.25, -0.2) is 0 Å². The molecule has 0 amide bonds. The van der Waals surface area contributed by atoms with Gasteiger partial charge in [-0.1, -0.05) is 20.8 Å². The molecule has 0 aliphatic carbocycles. The van der Waals surface area contributed by atoms with E-state index in [-0.39, 0.29) is 5.41 Å². The van der Waals surface area contributed by atoms with Crippen molar-refractivity contribution in [1.29, 1.82) is 0 Å². The lowest BCUT2D eigenvalue weighted by Gasteiger charge is -2.37. The van der Waals surface area contributed by atoms with Gasteiger partial charge >= 0.3 is 0 Å². The highest BCUT2D eigenvalue weighted by Gasteiger charge is 2.35. The fourth-order valence-corrected chi connectivity index (χ4v) is 1.22. The molecule has 1 unspecified atom stereocenters. The zero-order valence-corrected chi connectivity index (χ0v) is 9.91. The zero-order chi connectivity index (χ0) is 11.7. The zero-order valence-electron chi connectivity index (χ0n) is 9.91. The Morgan fingerprint density at radius 3 is 2.40 bits per heavy atom. The van der Waals surface area contributed by atoms with Crippen molar-refractivity contribution >= 4 is 5.69 Å². The lowest BCUT2D eigenvalue weighted by Crippen LogP contribution is -2.41. The van der Waals surface area contributed by atoms with E-state index in [1.807, 2.05) is 27.7 Å². The van der Waals surface area contributed by atoms with Crippen molar-refractivity contribution < 1.29 is 5.11 Å². The van der Waals surface area contributed by atoms with E-state index in [1.165, 1.54) is 0 Å². The number of nitrogen functional groups attached to an aromatic ring is 1. The first kappa shape index (κ1) is 12.0. The van der Waals surface area contributed by atoms with Crippen LogP contribution < -0.4 is 5.73 Å². The first-order valence-electron chi connectivity index (χ1n) is 5.15. The van der Waals surface area contributed by atoms with Crippen molar-refractivity contribution in [2.45, 2.75) is 39.7 Å². The summed E-state index contributed by atoms with van der Waals surface area (Å²) < 4.78 is 0. The van der Waals surface area contributed by atoms with Crippen LogP contribution in [0.15, 0.2) is 18.5 Å². The number of anilines is 1. The molecule has 0 aliphatic heterocycles. The summed E-state index contributed by atoms with van der Waals surface area (Å²) in [5, 5.41) is 10.3. The number of nitrogens with two attached hydrogens (primary N) is 1. The Balaban J connectivity index is 2.92. The van der Waals surface area contributed by atoms with Crippen LogP contribution in [0.5, 0.6) is 0 Å². The summed E-state index contributed by atoms with van der Waals surface area (Å²) in [6.45, 7) is 7.87. The third kappa shape index (κ3) is 2.69. The largest absolute Gasteiger partial charge is 0.398 e. The predicted octanol–water partition coefficient (Wildman–Crippen LogP) is 2.00. The van der Waals surface area contributed by atoms with Crippen LogP contribution >= 0.6 is 0 Å². The van der Waals surface area contributed by atoms with Crippen molar-refractivity contribution in [3.63, 3.8) is 0 Å². The van der Waals surface area contributed by atoms with Gasteiger partial charge in [-0.15, -0.1) is 0 Å². The SMILES string of the molecule is CC(C)(C)C(C)(O)Cc1cnccc1N. The second-order valence-electron chi connectivity index (χ2n) is 5.28. The van der Waals surface area contributed by atoms with Crippen molar-refractivity contribution in [3.05, 3.63) is 24.0 Å². The highest BCUT2D eigenvalue weighted by atomic mass is 16.3. The molecule has 0 aromatic carbocycles. The first-order chi connectivity index (χ1) is 6.74. The molecule has 15 heavy (non-hydrogen) atoms. The Hall–Kier alpha value is -1.09. The summed E-state index contributed by atoms with van der Waals surface area (Å²) in [7, 11) is 0. The molecule has 1 heterocycles. The maximum Gasteiger partial charge on any atom is 0.0709 e. The average molecular weight is 208 g/mol. The quantitative estimate of drug-likeness (QED) is 0.781. The first-order valence-corrected chi connectivity index (χ1v) is 5.15. The van der Waals surface area contributed by atoms with E-state index < -0.39 is 5.60 Å². The topological polar surface area (TPSA) is 59.1 Å². The molecule has 0 fully saturated rings. The van der Waals surface area contributed by atoms with Gasteiger partial charge in [0.05, 0.1) is 5.60 Å². The molecule has 0 aliphatic rings. The smallest absolute Gasteiger partial charge is 0.0709 e. The lowest BCUT2D eigenvalue weighted by atomic mass is 9.74. The number of pyridine rings is 1. The molecular formula is C12H20N2O. The lowest BCUT2D eigenvalue weighted by molar-refractivity contribution is -0.0404. The second kappa shape index (κ2) is 3.81. The molecule has 84 valence electrons. The standard InChI is InChI=1S/C12H20N2O/c1-11(2,3)12(4,15)7-9-8-14-6-5-10(9)13/h5-6,8,15H,7H2,1-4H3,(H2,13,14). The van der Waals surface area contributed by atoms with E-state index in [9.17, 15) is 5.11 Å². The fourth-order valence-electron chi connectivity index (χ4n) is 1.22. The summed E-state index contributed by atoms with van der Waals surface area (Å²) in [5.74, 6) is 0. The van der Waals surface area contributed by atoms with Gasteiger partial charge in [0.15, 0.2) is 0 Å². The Morgan fingerprint density at radius 1 is 1.33 bits per heavy atom. The van der Waals surface area contributed by atoms with Crippen LogP contribution in [-0.4, -0.2) is 15.7 Å². The van der Waals surface area contributed by atoms with Gasteiger partial charge < -0.3 is 10.8 Å². The number of hydrogen-bond donors (Lipinski definition) is 2. The minimum atomic E-state index is -0.788. The highest BCUT2D eigenvalue weighted by Crippen LogP contribution is 2.33. The molecule has 0 saturated carbocycles. The van der Waals surface area contributed by atoms with Crippen molar-refractivity contribution in [1.82, 2.24) is 4.98 Å². The second-order valence-corrected chi connectivity index (χ2v) is 5.28. The number of aliphatic hydroxyl groups is 1. The van der Waals surface area contributed by atoms with Gasteiger partial charge in [-0.2, -0.15) is 0 Å². The molecule has 0 saturated heterocycles. The molecule has 1 rings (SSSR count). The minimum absolute atomic E-state index is 0.185. The molecule has 1 aromatic heterocycles.